The lowest BCUT2D eigenvalue weighted by molar-refractivity contribution is 0.0645. The molecule has 0 aliphatic carbocycles. The summed E-state index contributed by atoms with van der Waals surface area (Å²) in [5, 5.41) is 17.7. The molecule has 2 aromatic rings. The highest BCUT2D eigenvalue weighted by atomic mass is 19.1. The molecule has 0 fully saturated rings. The van der Waals surface area contributed by atoms with Crippen LogP contribution in [0, 0.1) is 11.6 Å². The number of hydrogen-bond acceptors (Lipinski definition) is 3. The van der Waals surface area contributed by atoms with E-state index in [-0.39, 0.29) is 6.61 Å². The summed E-state index contributed by atoms with van der Waals surface area (Å²) in [5.41, 5.74) is -1.51. The van der Waals surface area contributed by atoms with E-state index in [4.69, 9.17) is 14.9 Å². The fraction of sp³-hybridized carbons (Fsp3) is 0.0667. The van der Waals surface area contributed by atoms with Gasteiger partial charge in [0.1, 0.15) is 12.2 Å². The first kappa shape index (κ1) is 15.4. The predicted octanol–water partition coefficient (Wildman–Crippen LogP) is 2.94. The maximum absolute atomic E-state index is 14.1. The largest absolute Gasteiger partial charge is 0.483 e. The maximum Gasteiger partial charge on any atom is 0.339 e. The predicted molar refractivity (Wildman–Crippen MR) is 71.1 cm³/mol. The van der Waals surface area contributed by atoms with Gasteiger partial charge in [-0.1, -0.05) is 30.3 Å². The lowest BCUT2D eigenvalue weighted by Gasteiger charge is -2.12. The van der Waals surface area contributed by atoms with Gasteiger partial charge in [0.05, 0.1) is 5.56 Å². The van der Waals surface area contributed by atoms with E-state index < -0.39 is 40.4 Å². The van der Waals surface area contributed by atoms with Crippen LogP contribution in [0.2, 0.25) is 0 Å². The maximum atomic E-state index is 14.1. The third-order valence-corrected chi connectivity index (χ3v) is 2.85. The second-order valence-electron chi connectivity index (χ2n) is 4.31. The van der Waals surface area contributed by atoms with Crippen molar-refractivity contribution in [3.8, 4) is 5.75 Å². The fourth-order valence-corrected chi connectivity index (χ4v) is 1.84. The van der Waals surface area contributed by atoms with E-state index in [1.54, 1.807) is 30.3 Å². The van der Waals surface area contributed by atoms with Crippen LogP contribution in [0.25, 0.3) is 0 Å². The zero-order valence-electron chi connectivity index (χ0n) is 11.0. The molecule has 5 nitrogen and oxygen atoms in total. The molecule has 7 heteroatoms. The molecule has 2 rings (SSSR count). The molecule has 0 aliphatic rings. The standard InChI is InChI=1S/C15H10F2O5/c16-10-6-9(14(18)19)11(15(20)21)12(17)13(10)22-7-8-4-2-1-3-5-8/h1-6H,7H2,(H,18,19)(H,20,21). The van der Waals surface area contributed by atoms with Crippen molar-refractivity contribution >= 4 is 11.9 Å². The third kappa shape index (κ3) is 3.03. The van der Waals surface area contributed by atoms with Gasteiger partial charge >= 0.3 is 11.9 Å². The SMILES string of the molecule is O=C(O)c1cc(F)c(OCc2ccccc2)c(F)c1C(=O)O. The highest BCUT2D eigenvalue weighted by Crippen LogP contribution is 2.28. The van der Waals surface area contributed by atoms with Gasteiger partial charge in [-0.2, -0.15) is 0 Å². The molecule has 0 saturated heterocycles. The number of aromatic carboxylic acids is 2. The molecule has 0 spiro atoms. The van der Waals surface area contributed by atoms with Gasteiger partial charge in [-0.3, -0.25) is 0 Å². The Kier molecular flexibility index (Phi) is 4.36. The summed E-state index contributed by atoms with van der Waals surface area (Å²) in [7, 11) is 0. The average molecular weight is 308 g/mol. The van der Waals surface area contributed by atoms with Crippen molar-refractivity contribution in [2.24, 2.45) is 0 Å². The Morgan fingerprint density at radius 3 is 2.23 bits per heavy atom. The third-order valence-electron chi connectivity index (χ3n) is 2.85. The summed E-state index contributed by atoms with van der Waals surface area (Å²) >= 11 is 0. The summed E-state index contributed by atoms with van der Waals surface area (Å²) in [4.78, 5) is 21.9. The summed E-state index contributed by atoms with van der Waals surface area (Å²) in [6, 6.07) is 8.87. The van der Waals surface area contributed by atoms with Gasteiger partial charge < -0.3 is 14.9 Å². The molecule has 2 N–H and O–H groups in total. The molecule has 0 bridgehead atoms. The van der Waals surface area contributed by atoms with E-state index in [1.165, 1.54) is 0 Å². The van der Waals surface area contributed by atoms with Gasteiger partial charge in [0.2, 0.25) is 0 Å². The molecule has 0 saturated carbocycles. The van der Waals surface area contributed by atoms with Gasteiger partial charge in [-0.05, 0) is 11.6 Å². The second kappa shape index (κ2) is 6.21. The van der Waals surface area contributed by atoms with Gasteiger partial charge in [0.15, 0.2) is 17.4 Å². The number of ether oxygens (including phenoxy) is 1. The van der Waals surface area contributed by atoms with Crippen LogP contribution in [0.3, 0.4) is 0 Å². The lowest BCUT2D eigenvalue weighted by atomic mass is 10.1. The number of benzene rings is 2. The molecular weight excluding hydrogens is 298 g/mol. The highest BCUT2D eigenvalue weighted by Gasteiger charge is 2.27. The van der Waals surface area contributed by atoms with Gasteiger partial charge in [0, 0.05) is 0 Å². The molecule has 0 amide bonds. The van der Waals surface area contributed by atoms with Crippen molar-refractivity contribution < 1.29 is 33.3 Å². The minimum atomic E-state index is -1.82. The van der Waals surface area contributed by atoms with E-state index in [9.17, 15) is 18.4 Å². The first-order valence-electron chi connectivity index (χ1n) is 6.07. The van der Waals surface area contributed by atoms with E-state index in [2.05, 4.69) is 0 Å². The van der Waals surface area contributed by atoms with Crippen LogP contribution >= 0.6 is 0 Å². The van der Waals surface area contributed by atoms with Crippen LogP contribution in [-0.4, -0.2) is 22.2 Å². The summed E-state index contributed by atoms with van der Waals surface area (Å²) in [5.74, 6) is -7.33. The number of rotatable bonds is 5. The first-order valence-corrected chi connectivity index (χ1v) is 6.07. The normalized spacial score (nSPS) is 10.3. The van der Waals surface area contributed by atoms with Gasteiger partial charge in [-0.25, -0.2) is 18.4 Å². The summed E-state index contributed by atoms with van der Waals surface area (Å²) in [6.07, 6.45) is 0. The van der Waals surface area contributed by atoms with E-state index in [1.807, 2.05) is 0 Å². The number of halogens is 2. The molecular formula is C15H10F2O5. The van der Waals surface area contributed by atoms with E-state index >= 15 is 0 Å². The van der Waals surface area contributed by atoms with Crippen LogP contribution in [0.15, 0.2) is 36.4 Å². The van der Waals surface area contributed by atoms with Crippen molar-refractivity contribution in [3.63, 3.8) is 0 Å². The van der Waals surface area contributed by atoms with E-state index in [0.717, 1.165) is 0 Å². The number of carbonyl (C=O) groups is 2. The molecule has 0 atom stereocenters. The second-order valence-corrected chi connectivity index (χ2v) is 4.31. The van der Waals surface area contributed by atoms with Gasteiger partial charge in [-0.15, -0.1) is 0 Å². The van der Waals surface area contributed by atoms with Crippen molar-refractivity contribution in [2.75, 3.05) is 0 Å². The van der Waals surface area contributed by atoms with Crippen molar-refractivity contribution in [2.45, 2.75) is 6.61 Å². The molecule has 0 aliphatic heterocycles. The number of carboxylic acid groups (broad SMARTS) is 2. The summed E-state index contributed by atoms with van der Waals surface area (Å²) in [6.45, 7) is -0.194. The minimum absolute atomic E-state index is 0.194. The van der Waals surface area contributed by atoms with Crippen LogP contribution in [0.4, 0.5) is 8.78 Å². The Labute approximate surface area is 123 Å². The monoisotopic (exact) mass is 308 g/mol. The molecule has 114 valence electrons. The Morgan fingerprint density at radius 1 is 1.05 bits per heavy atom. The Bertz CT molecular complexity index is 728. The smallest absolute Gasteiger partial charge is 0.339 e. The van der Waals surface area contributed by atoms with Crippen LogP contribution in [-0.2, 0) is 6.61 Å². The van der Waals surface area contributed by atoms with Gasteiger partial charge in [0.25, 0.3) is 0 Å². The van der Waals surface area contributed by atoms with Crippen LogP contribution in [0.5, 0.6) is 5.75 Å². The first-order chi connectivity index (χ1) is 10.4. The molecule has 2 aromatic carbocycles. The van der Waals surface area contributed by atoms with E-state index in [0.29, 0.717) is 11.6 Å². The molecule has 0 aromatic heterocycles. The topological polar surface area (TPSA) is 83.8 Å². The zero-order chi connectivity index (χ0) is 16.3. The summed E-state index contributed by atoms with van der Waals surface area (Å²) < 4.78 is 32.9. The van der Waals surface area contributed by atoms with Crippen molar-refractivity contribution in [1.29, 1.82) is 0 Å². The average Bonchev–Trinajstić information content (AvgIpc) is 2.46. The lowest BCUT2D eigenvalue weighted by Crippen LogP contribution is -2.13. The van der Waals surface area contributed by atoms with Crippen LogP contribution < -0.4 is 4.74 Å². The molecule has 0 heterocycles. The molecule has 0 radical (unpaired) electrons. The Balaban J connectivity index is 2.42. The highest BCUT2D eigenvalue weighted by molar-refractivity contribution is 6.02. The molecule has 22 heavy (non-hydrogen) atoms. The number of hydrogen-bond donors (Lipinski definition) is 2. The Morgan fingerprint density at radius 2 is 1.68 bits per heavy atom. The fourth-order valence-electron chi connectivity index (χ4n) is 1.84. The number of carboxylic acids is 2. The van der Waals surface area contributed by atoms with Crippen molar-refractivity contribution in [1.82, 2.24) is 0 Å². The van der Waals surface area contributed by atoms with Crippen LogP contribution in [0.1, 0.15) is 26.3 Å². The zero-order valence-corrected chi connectivity index (χ0v) is 11.0. The quantitative estimate of drug-likeness (QED) is 0.887. The Hall–Kier alpha value is -2.96. The molecule has 0 unspecified atom stereocenters. The minimum Gasteiger partial charge on any atom is -0.483 e. The van der Waals surface area contributed by atoms with Crippen molar-refractivity contribution in [3.05, 3.63) is 64.7 Å².